The van der Waals surface area contributed by atoms with Gasteiger partial charge in [0, 0.05) is 42.7 Å². The van der Waals surface area contributed by atoms with Crippen molar-refractivity contribution in [1.82, 2.24) is 9.88 Å². The number of thiophene rings is 1. The van der Waals surface area contributed by atoms with Gasteiger partial charge < -0.3 is 14.9 Å². The molecule has 0 aliphatic carbocycles. The molecule has 2 aromatic heterocycles. The van der Waals surface area contributed by atoms with Crippen LogP contribution in [0.1, 0.15) is 16.9 Å². The zero-order valence-electron chi connectivity index (χ0n) is 20.2. The summed E-state index contributed by atoms with van der Waals surface area (Å²) in [6.45, 7) is 4.60. The van der Waals surface area contributed by atoms with Crippen LogP contribution in [0.5, 0.6) is 5.88 Å². The Balaban J connectivity index is 0.000000317. The summed E-state index contributed by atoms with van der Waals surface area (Å²) in [4.78, 5) is 25.5. The quantitative estimate of drug-likeness (QED) is 0.488. The number of aliphatic carboxylic acids is 2. The molecule has 2 N–H and O–H groups in total. The van der Waals surface area contributed by atoms with Crippen LogP contribution < -0.4 is 4.74 Å². The molecule has 2 saturated heterocycles. The van der Waals surface area contributed by atoms with Gasteiger partial charge in [-0.05, 0) is 36.4 Å². The topological polar surface area (TPSA) is 134 Å². The van der Waals surface area contributed by atoms with Crippen molar-refractivity contribution < 1.29 is 59.3 Å². The predicted molar refractivity (Wildman–Crippen MR) is 126 cm³/mol. The first-order chi connectivity index (χ1) is 17.9. The molecule has 1 unspecified atom stereocenters. The van der Waals surface area contributed by atoms with Crippen molar-refractivity contribution in [3.8, 4) is 5.88 Å². The fourth-order valence-electron chi connectivity index (χ4n) is 3.92. The van der Waals surface area contributed by atoms with Crippen molar-refractivity contribution in [2.45, 2.75) is 37.0 Å². The number of sulfone groups is 1. The highest BCUT2D eigenvalue weighted by Crippen LogP contribution is 2.45. The van der Waals surface area contributed by atoms with Gasteiger partial charge in [0.05, 0.1) is 12.4 Å². The molecule has 39 heavy (non-hydrogen) atoms. The van der Waals surface area contributed by atoms with Gasteiger partial charge in [-0.1, -0.05) is 6.07 Å². The summed E-state index contributed by atoms with van der Waals surface area (Å²) in [6.07, 6.45) is -7.80. The Kier molecular flexibility index (Phi) is 10.4. The van der Waals surface area contributed by atoms with Gasteiger partial charge in [-0.3, -0.25) is 4.90 Å². The Morgan fingerprint density at radius 1 is 1.10 bits per heavy atom. The van der Waals surface area contributed by atoms with Crippen LogP contribution in [-0.2, 0) is 26.0 Å². The van der Waals surface area contributed by atoms with Crippen molar-refractivity contribution >= 4 is 33.1 Å². The molecule has 2 aliphatic heterocycles. The first-order valence-electron chi connectivity index (χ1n) is 11.0. The Hall–Kier alpha value is -2.92. The fourth-order valence-corrected chi connectivity index (χ4v) is 7.32. The summed E-state index contributed by atoms with van der Waals surface area (Å²) >= 11 is 1.74. The van der Waals surface area contributed by atoms with Gasteiger partial charge in [0.25, 0.3) is 0 Å². The number of halogens is 6. The van der Waals surface area contributed by atoms with Crippen molar-refractivity contribution in [3.63, 3.8) is 0 Å². The van der Waals surface area contributed by atoms with E-state index >= 15 is 0 Å². The van der Waals surface area contributed by atoms with Crippen LogP contribution in [0.25, 0.3) is 0 Å². The van der Waals surface area contributed by atoms with E-state index in [1.807, 2.05) is 18.2 Å². The lowest BCUT2D eigenvalue weighted by atomic mass is 9.83. The van der Waals surface area contributed by atoms with Crippen molar-refractivity contribution in [1.29, 1.82) is 0 Å². The number of alkyl halides is 6. The normalized spacial score (nSPS) is 19.6. The molecule has 2 aliphatic rings. The van der Waals surface area contributed by atoms with Gasteiger partial charge in [-0.15, -0.1) is 11.3 Å². The van der Waals surface area contributed by atoms with E-state index in [-0.39, 0.29) is 11.7 Å². The van der Waals surface area contributed by atoms with E-state index < -0.39 is 38.9 Å². The molecular formula is C22H24F6N2O7S2. The Morgan fingerprint density at radius 3 is 2.10 bits per heavy atom. The number of ether oxygens (including phenoxy) is 1. The van der Waals surface area contributed by atoms with Gasteiger partial charge in [0.15, 0.2) is 9.84 Å². The van der Waals surface area contributed by atoms with E-state index in [4.69, 9.17) is 24.5 Å². The minimum absolute atomic E-state index is 0.0418. The van der Waals surface area contributed by atoms with Gasteiger partial charge in [0.2, 0.25) is 5.88 Å². The lowest BCUT2D eigenvalue weighted by Crippen LogP contribution is -2.67. The van der Waals surface area contributed by atoms with Gasteiger partial charge in [-0.25, -0.2) is 23.0 Å². The molecule has 1 atom stereocenters. The van der Waals surface area contributed by atoms with Gasteiger partial charge in [0.1, 0.15) is 4.75 Å². The summed E-state index contributed by atoms with van der Waals surface area (Å²) < 4.78 is 94.0. The maximum atomic E-state index is 12.7. The van der Waals surface area contributed by atoms with Crippen molar-refractivity contribution in [3.05, 3.63) is 46.3 Å². The number of aryl methyl sites for hydroxylation is 1. The summed E-state index contributed by atoms with van der Waals surface area (Å²) in [5, 5.41) is 16.3. The third-order valence-corrected chi connectivity index (χ3v) is 9.58. The number of aromatic nitrogens is 1. The first-order valence-corrected chi connectivity index (χ1v) is 13.5. The standard InChI is InChI=1S/C18H22N2O3S2.2C2HF3O2/c1-14-5-8-24-16(14)10-20-12-18(13-20)15(6-9-25(18,21)22)11-23-17-4-2-3-7-19-17;2*3-2(4,5)1(6)7/h2-5,7-8,15H,6,9-13H2,1H3;2*(H,6,7). The minimum Gasteiger partial charge on any atom is -0.477 e. The highest BCUT2D eigenvalue weighted by atomic mass is 32.2. The second-order valence-electron chi connectivity index (χ2n) is 8.63. The number of hydrogen-bond donors (Lipinski definition) is 2. The maximum Gasteiger partial charge on any atom is 0.490 e. The molecule has 0 bridgehead atoms. The summed E-state index contributed by atoms with van der Waals surface area (Å²) in [7, 11) is -3.06. The van der Waals surface area contributed by atoms with Crippen LogP contribution in [0.3, 0.4) is 0 Å². The van der Waals surface area contributed by atoms with Gasteiger partial charge >= 0.3 is 24.3 Å². The lowest BCUT2D eigenvalue weighted by Gasteiger charge is -2.49. The number of carbonyl (C=O) groups is 2. The van der Waals surface area contributed by atoms with E-state index in [0.717, 1.165) is 6.54 Å². The largest absolute Gasteiger partial charge is 0.490 e. The summed E-state index contributed by atoms with van der Waals surface area (Å²) in [6, 6.07) is 7.64. The minimum atomic E-state index is -5.08. The zero-order valence-corrected chi connectivity index (χ0v) is 21.8. The molecule has 0 amide bonds. The number of pyridine rings is 1. The van der Waals surface area contributed by atoms with Crippen LogP contribution >= 0.6 is 11.3 Å². The van der Waals surface area contributed by atoms with E-state index in [2.05, 4.69) is 28.3 Å². The average molecular weight is 607 g/mol. The third-order valence-electron chi connectivity index (χ3n) is 5.97. The maximum absolute atomic E-state index is 12.7. The summed E-state index contributed by atoms with van der Waals surface area (Å²) in [5.41, 5.74) is 1.29. The van der Waals surface area contributed by atoms with E-state index in [1.54, 1.807) is 17.5 Å². The molecule has 0 saturated carbocycles. The summed E-state index contributed by atoms with van der Waals surface area (Å²) in [5.74, 6) is -4.64. The molecule has 1 spiro atoms. The number of carboxylic acids is 2. The molecule has 9 nitrogen and oxygen atoms in total. The molecule has 218 valence electrons. The molecule has 2 aromatic rings. The van der Waals surface area contributed by atoms with Crippen LogP contribution in [-0.4, -0.2) is 83.0 Å². The van der Waals surface area contributed by atoms with Crippen LogP contribution in [0.15, 0.2) is 35.8 Å². The molecule has 0 radical (unpaired) electrons. The van der Waals surface area contributed by atoms with E-state index in [0.29, 0.717) is 32.0 Å². The van der Waals surface area contributed by atoms with Crippen molar-refractivity contribution in [2.24, 2.45) is 5.92 Å². The van der Waals surface area contributed by atoms with Gasteiger partial charge in [-0.2, -0.15) is 26.3 Å². The smallest absolute Gasteiger partial charge is 0.477 e. The van der Waals surface area contributed by atoms with Crippen molar-refractivity contribution in [2.75, 3.05) is 25.4 Å². The number of nitrogens with zero attached hydrogens (tertiary/aromatic N) is 2. The Morgan fingerprint density at radius 2 is 1.67 bits per heavy atom. The molecule has 17 heteroatoms. The Bertz CT molecular complexity index is 1200. The number of likely N-dealkylation sites (tertiary alicyclic amines) is 1. The Labute approximate surface area is 222 Å². The van der Waals surface area contributed by atoms with E-state index in [1.165, 1.54) is 10.4 Å². The molecule has 2 fully saturated rings. The SMILES string of the molecule is Cc1ccsc1CN1CC2(C1)C(COc1ccccn1)CCS2(=O)=O.O=C(O)C(F)(F)F.O=C(O)C(F)(F)F. The highest BCUT2D eigenvalue weighted by Gasteiger charge is 2.61. The molecular weight excluding hydrogens is 582 g/mol. The third kappa shape index (κ3) is 8.53. The van der Waals surface area contributed by atoms with E-state index in [9.17, 15) is 34.8 Å². The lowest BCUT2D eigenvalue weighted by molar-refractivity contribution is -0.193. The monoisotopic (exact) mass is 606 g/mol. The fraction of sp³-hybridized carbons (Fsp3) is 0.500. The number of rotatable bonds is 5. The van der Waals surface area contributed by atoms with Crippen LogP contribution in [0, 0.1) is 12.8 Å². The zero-order chi connectivity index (χ0) is 29.6. The first kappa shape index (κ1) is 32.3. The van der Waals surface area contributed by atoms with Crippen LogP contribution in [0.4, 0.5) is 26.3 Å². The number of hydrogen-bond acceptors (Lipinski definition) is 8. The second kappa shape index (κ2) is 12.5. The predicted octanol–water partition coefficient (Wildman–Crippen LogP) is 3.79. The molecule has 4 heterocycles. The van der Waals surface area contributed by atoms with Crippen LogP contribution in [0.2, 0.25) is 0 Å². The number of carboxylic acid groups (broad SMARTS) is 2. The second-order valence-corrected chi connectivity index (χ2v) is 12.1. The molecule has 4 rings (SSSR count). The highest BCUT2D eigenvalue weighted by molar-refractivity contribution is 7.93. The average Bonchev–Trinajstić information content (AvgIpc) is 3.32. The molecule has 0 aromatic carbocycles.